The maximum atomic E-state index is 13.3. The van der Waals surface area contributed by atoms with Crippen LogP contribution >= 0.6 is 23.4 Å². The maximum Gasteiger partial charge on any atom is 0.255 e. The summed E-state index contributed by atoms with van der Waals surface area (Å²) in [6.07, 6.45) is 0. The Labute approximate surface area is 231 Å². The van der Waals surface area contributed by atoms with Gasteiger partial charge in [0.2, 0.25) is 5.91 Å². The Morgan fingerprint density at radius 2 is 1.39 bits per heavy atom. The van der Waals surface area contributed by atoms with Crippen LogP contribution in [0.2, 0.25) is 5.02 Å². The molecule has 4 nitrogen and oxygen atoms in total. The van der Waals surface area contributed by atoms with Crippen LogP contribution in [0, 0.1) is 6.92 Å². The fourth-order valence-corrected chi connectivity index (χ4v) is 5.27. The molecular weight excluding hydrogens is 512 g/mol. The van der Waals surface area contributed by atoms with E-state index < -0.39 is 5.25 Å². The van der Waals surface area contributed by atoms with Crippen LogP contribution in [0.1, 0.15) is 26.7 Å². The first kappa shape index (κ1) is 25.6. The molecule has 0 heterocycles. The molecule has 5 aromatic rings. The number of carbonyl (C=O) groups is 2. The first-order valence-corrected chi connectivity index (χ1v) is 13.4. The molecule has 5 aromatic carbocycles. The van der Waals surface area contributed by atoms with Crippen molar-refractivity contribution in [3.63, 3.8) is 0 Å². The number of benzene rings is 5. The number of rotatable bonds is 7. The Kier molecular flexibility index (Phi) is 7.78. The highest BCUT2D eigenvalue weighted by Crippen LogP contribution is 2.37. The van der Waals surface area contributed by atoms with E-state index >= 15 is 0 Å². The van der Waals surface area contributed by atoms with Crippen LogP contribution in [0.25, 0.3) is 10.8 Å². The lowest BCUT2D eigenvalue weighted by Gasteiger charge is -2.18. The highest BCUT2D eigenvalue weighted by atomic mass is 35.5. The van der Waals surface area contributed by atoms with Crippen LogP contribution in [0.4, 0.5) is 11.4 Å². The molecule has 0 spiro atoms. The Bertz CT molecular complexity index is 1600. The molecule has 1 unspecified atom stereocenters. The Balaban J connectivity index is 1.30. The lowest BCUT2D eigenvalue weighted by atomic mass is 10.1. The van der Waals surface area contributed by atoms with Crippen molar-refractivity contribution < 1.29 is 9.59 Å². The third-order valence-electron chi connectivity index (χ3n) is 6.16. The Hall–Kier alpha value is -4.06. The average molecular weight is 537 g/mol. The molecule has 2 N–H and O–H groups in total. The highest BCUT2D eigenvalue weighted by molar-refractivity contribution is 8.00. The second-order valence-corrected chi connectivity index (χ2v) is 10.5. The summed E-state index contributed by atoms with van der Waals surface area (Å²) in [5, 5.41) is 8.19. The maximum absolute atomic E-state index is 13.3. The van der Waals surface area contributed by atoms with Gasteiger partial charge in [0, 0.05) is 26.9 Å². The fourth-order valence-electron chi connectivity index (χ4n) is 4.07. The van der Waals surface area contributed by atoms with Crippen molar-refractivity contribution in [1.29, 1.82) is 0 Å². The molecule has 5 rings (SSSR count). The molecule has 1 atom stereocenters. The standard InChI is InChI=1S/C32H25ClN2O2S/c1-21-11-14-27(20-29(21)33)35-32(37)30(23-8-3-2-4-9-23)38-28-17-15-26(16-18-28)34-31(36)25-13-12-22-7-5-6-10-24(22)19-25/h2-20,30H,1H3,(H,34,36)(H,35,37). The van der Waals surface area contributed by atoms with E-state index in [0.717, 1.165) is 26.8 Å². The van der Waals surface area contributed by atoms with Gasteiger partial charge in [-0.3, -0.25) is 9.59 Å². The van der Waals surface area contributed by atoms with Gasteiger partial charge in [-0.15, -0.1) is 11.8 Å². The molecule has 0 saturated carbocycles. The summed E-state index contributed by atoms with van der Waals surface area (Å²) in [6.45, 7) is 1.92. The summed E-state index contributed by atoms with van der Waals surface area (Å²) in [7, 11) is 0. The van der Waals surface area contributed by atoms with Crippen LogP contribution in [-0.2, 0) is 4.79 Å². The van der Waals surface area contributed by atoms with E-state index in [1.807, 2.05) is 116 Å². The van der Waals surface area contributed by atoms with Gasteiger partial charge in [0.1, 0.15) is 5.25 Å². The van der Waals surface area contributed by atoms with Gasteiger partial charge in [0.05, 0.1) is 0 Å². The van der Waals surface area contributed by atoms with E-state index in [2.05, 4.69) is 10.6 Å². The van der Waals surface area contributed by atoms with E-state index in [0.29, 0.717) is 22.0 Å². The predicted molar refractivity (Wildman–Crippen MR) is 158 cm³/mol. The fraction of sp³-hybridized carbons (Fsp3) is 0.0625. The lowest BCUT2D eigenvalue weighted by Crippen LogP contribution is -2.19. The van der Waals surface area contributed by atoms with Crippen molar-refractivity contribution >= 4 is 57.3 Å². The van der Waals surface area contributed by atoms with Crippen molar-refractivity contribution in [2.24, 2.45) is 0 Å². The number of halogens is 1. The number of carbonyl (C=O) groups excluding carboxylic acids is 2. The molecule has 0 aliphatic heterocycles. The number of hydrogen-bond donors (Lipinski definition) is 2. The molecule has 6 heteroatoms. The Morgan fingerprint density at radius 3 is 2.13 bits per heavy atom. The van der Waals surface area contributed by atoms with Gasteiger partial charge in [-0.25, -0.2) is 0 Å². The zero-order valence-corrected chi connectivity index (χ0v) is 22.2. The first-order valence-electron chi connectivity index (χ1n) is 12.1. The predicted octanol–water partition coefficient (Wildman–Crippen LogP) is 8.53. The molecule has 188 valence electrons. The SMILES string of the molecule is Cc1ccc(NC(=O)C(Sc2ccc(NC(=O)c3ccc4ccccc4c3)cc2)c2ccccc2)cc1Cl. The van der Waals surface area contributed by atoms with E-state index in [-0.39, 0.29) is 11.8 Å². The van der Waals surface area contributed by atoms with Gasteiger partial charge in [0.15, 0.2) is 0 Å². The molecule has 0 aliphatic carbocycles. The molecule has 0 bridgehead atoms. The summed E-state index contributed by atoms with van der Waals surface area (Å²) < 4.78 is 0. The van der Waals surface area contributed by atoms with Crippen LogP contribution in [0.15, 0.2) is 120 Å². The minimum atomic E-state index is -0.477. The summed E-state index contributed by atoms with van der Waals surface area (Å²) in [5.41, 5.74) is 3.77. The molecule has 0 saturated heterocycles. The monoisotopic (exact) mass is 536 g/mol. The van der Waals surface area contributed by atoms with Crippen LogP contribution in [0.5, 0.6) is 0 Å². The smallest absolute Gasteiger partial charge is 0.255 e. The average Bonchev–Trinajstić information content (AvgIpc) is 2.94. The minimum absolute atomic E-state index is 0.144. The van der Waals surface area contributed by atoms with Gasteiger partial charge in [0.25, 0.3) is 5.91 Å². The molecule has 38 heavy (non-hydrogen) atoms. The van der Waals surface area contributed by atoms with Crippen molar-refractivity contribution in [2.45, 2.75) is 17.1 Å². The molecule has 0 aromatic heterocycles. The van der Waals surface area contributed by atoms with Crippen LogP contribution in [-0.4, -0.2) is 11.8 Å². The molecule has 0 radical (unpaired) electrons. The topological polar surface area (TPSA) is 58.2 Å². The van der Waals surface area contributed by atoms with Crippen molar-refractivity contribution in [2.75, 3.05) is 10.6 Å². The highest BCUT2D eigenvalue weighted by Gasteiger charge is 2.22. The molecular formula is C32H25ClN2O2S. The van der Waals surface area contributed by atoms with Gasteiger partial charge in [-0.05, 0) is 77.4 Å². The van der Waals surface area contributed by atoms with Crippen molar-refractivity contribution in [3.8, 4) is 0 Å². The summed E-state index contributed by atoms with van der Waals surface area (Å²) in [5.74, 6) is -0.316. The zero-order chi connectivity index (χ0) is 26.5. The summed E-state index contributed by atoms with van der Waals surface area (Å²) in [4.78, 5) is 27.1. The molecule has 0 aliphatic rings. The number of nitrogens with one attached hydrogen (secondary N) is 2. The van der Waals surface area contributed by atoms with Gasteiger partial charge >= 0.3 is 0 Å². The number of anilines is 2. The summed E-state index contributed by atoms with van der Waals surface area (Å²) >= 11 is 7.70. The van der Waals surface area contributed by atoms with Crippen molar-refractivity contribution in [1.82, 2.24) is 0 Å². The first-order chi connectivity index (χ1) is 18.5. The van der Waals surface area contributed by atoms with Gasteiger partial charge in [-0.1, -0.05) is 78.3 Å². The largest absolute Gasteiger partial charge is 0.325 e. The summed E-state index contributed by atoms with van der Waals surface area (Å²) in [6, 6.07) is 36.3. The number of hydrogen-bond acceptors (Lipinski definition) is 3. The minimum Gasteiger partial charge on any atom is -0.325 e. The van der Waals surface area contributed by atoms with E-state index in [1.54, 1.807) is 6.07 Å². The molecule has 2 amide bonds. The zero-order valence-electron chi connectivity index (χ0n) is 20.6. The second-order valence-electron chi connectivity index (χ2n) is 8.90. The van der Waals surface area contributed by atoms with E-state index in [4.69, 9.17) is 11.6 Å². The quantitative estimate of drug-likeness (QED) is 0.205. The lowest BCUT2D eigenvalue weighted by molar-refractivity contribution is -0.115. The third kappa shape index (κ3) is 6.08. The second kappa shape index (κ2) is 11.5. The van der Waals surface area contributed by atoms with Crippen LogP contribution < -0.4 is 10.6 Å². The number of fused-ring (bicyclic) bond motifs is 1. The Morgan fingerprint density at radius 1 is 0.711 bits per heavy atom. The molecule has 0 fully saturated rings. The van der Waals surface area contributed by atoms with E-state index in [9.17, 15) is 9.59 Å². The van der Waals surface area contributed by atoms with Crippen molar-refractivity contribution in [3.05, 3.63) is 137 Å². The number of aryl methyl sites for hydroxylation is 1. The normalized spacial score (nSPS) is 11.6. The van der Waals surface area contributed by atoms with Crippen LogP contribution in [0.3, 0.4) is 0 Å². The van der Waals surface area contributed by atoms with Gasteiger partial charge < -0.3 is 10.6 Å². The van der Waals surface area contributed by atoms with E-state index in [1.165, 1.54) is 11.8 Å². The third-order valence-corrected chi connectivity index (χ3v) is 7.83. The number of amides is 2. The number of thioether (sulfide) groups is 1. The van der Waals surface area contributed by atoms with Gasteiger partial charge in [-0.2, -0.15) is 0 Å².